The van der Waals surface area contributed by atoms with E-state index in [2.05, 4.69) is 16.0 Å². The lowest BCUT2D eigenvalue weighted by molar-refractivity contribution is -0.192. The minimum Gasteiger partial charge on any atom is -0.491 e. The van der Waals surface area contributed by atoms with E-state index in [0.29, 0.717) is 34.9 Å². The van der Waals surface area contributed by atoms with Crippen molar-refractivity contribution in [3.63, 3.8) is 0 Å². The second kappa shape index (κ2) is 12.9. The van der Waals surface area contributed by atoms with Crippen molar-refractivity contribution < 1.29 is 42.5 Å². The summed E-state index contributed by atoms with van der Waals surface area (Å²) in [4.78, 5) is 34.5. The molecule has 0 spiro atoms. The fourth-order valence-corrected chi connectivity index (χ4v) is 4.73. The number of halogens is 3. The first-order valence-corrected chi connectivity index (χ1v) is 12.5. The maximum Gasteiger partial charge on any atom is 0.490 e. The molecule has 0 aromatic heterocycles. The van der Waals surface area contributed by atoms with Gasteiger partial charge in [-0.15, -0.1) is 0 Å². The first-order valence-electron chi connectivity index (χ1n) is 12.5. The first kappa shape index (κ1) is 29.9. The van der Waals surface area contributed by atoms with Crippen molar-refractivity contribution in [2.24, 2.45) is 5.92 Å². The zero-order valence-corrected chi connectivity index (χ0v) is 21.4. The average molecular weight is 552 g/mol. The van der Waals surface area contributed by atoms with Crippen molar-refractivity contribution in [1.29, 1.82) is 0 Å². The Balaban J connectivity index is 0.000000532. The van der Waals surface area contributed by atoms with Crippen molar-refractivity contribution in [3.05, 3.63) is 64.7 Å². The van der Waals surface area contributed by atoms with Crippen LogP contribution in [0.2, 0.25) is 0 Å². The monoisotopic (exact) mass is 551 g/mol. The van der Waals surface area contributed by atoms with Crippen LogP contribution in [0.25, 0.3) is 0 Å². The predicted octanol–water partition coefficient (Wildman–Crippen LogP) is 2.47. The van der Waals surface area contributed by atoms with Crippen LogP contribution in [0.15, 0.2) is 42.5 Å². The molecule has 2 aromatic carbocycles. The minimum atomic E-state index is -5.08. The standard InChI is InChI=1S/C25H31N3O4.C2HF3O2/c1-26-24(31)20-13-18(23(30)28-12-9-17-7-10-27-11-8-17)14-21-22(20)32-16-25(21,15-29)19-5-3-2-4-6-19;3-2(4,5)1(6)7/h2-6,13-14,17,27,29H,7-12,15-16H2,1H3,(H,26,31)(H,28,30);(H,6,7). The maximum absolute atomic E-state index is 13.0. The third-order valence-electron chi connectivity index (χ3n) is 6.94. The van der Waals surface area contributed by atoms with E-state index in [4.69, 9.17) is 14.6 Å². The van der Waals surface area contributed by atoms with Crippen LogP contribution in [-0.2, 0) is 10.2 Å². The van der Waals surface area contributed by atoms with E-state index in [1.54, 1.807) is 19.2 Å². The largest absolute Gasteiger partial charge is 0.491 e. The Morgan fingerprint density at radius 3 is 2.31 bits per heavy atom. The van der Waals surface area contributed by atoms with E-state index in [0.717, 1.165) is 37.9 Å². The van der Waals surface area contributed by atoms with Crippen LogP contribution >= 0.6 is 0 Å². The van der Waals surface area contributed by atoms with Crippen molar-refractivity contribution in [2.75, 3.05) is 39.9 Å². The fraction of sp³-hybridized carbons (Fsp3) is 0.444. The highest BCUT2D eigenvalue weighted by Crippen LogP contribution is 2.45. The van der Waals surface area contributed by atoms with Crippen LogP contribution in [0.3, 0.4) is 0 Å². The summed E-state index contributed by atoms with van der Waals surface area (Å²) in [6.45, 7) is 2.66. The van der Waals surface area contributed by atoms with Crippen LogP contribution in [0, 0.1) is 5.92 Å². The summed E-state index contributed by atoms with van der Waals surface area (Å²) in [6, 6.07) is 12.9. The van der Waals surface area contributed by atoms with Crippen molar-refractivity contribution in [3.8, 4) is 5.75 Å². The number of carbonyl (C=O) groups is 3. The molecule has 12 heteroatoms. The molecule has 0 aliphatic carbocycles. The molecule has 1 saturated heterocycles. The lowest BCUT2D eigenvalue weighted by Gasteiger charge is -2.26. The smallest absolute Gasteiger partial charge is 0.490 e. The zero-order valence-electron chi connectivity index (χ0n) is 21.4. The topological polar surface area (TPSA) is 137 Å². The molecule has 0 radical (unpaired) electrons. The van der Waals surface area contributed by atoms with Gasteiger partial charge in [0.05, 0.1) is 17.6 Å². The van der Waals surface area contributed by atoms with Gasteiger partial charge in [-0.05, 0) is 56.0 Å². The maximum atomic E-state index is 13.0. The van der Waals surface area contributed by atoms with Crippen LogP contribution in [0.5, 0.6) is 5.75 Å². The summed E-state index contributed by atoms with van der Waals surface area (Å²) in [5.41, 5.74) is 1.42. The van der Waals surface area contributed by atoms with Gasteiger partial charge < -0.3 is 30.9 Å². The molecule has 9 nitrogen and oxygen atoms in total. The van der Waals surface area contributed by atoms with Gasteiger partial charge in [-0.3, -0.25) is 9.59 Å². The fourth-order valence-electron chi connectivity index (χ4n) is 4.73. The summed E-state index contributed by atoms with van der Waals surface area (Å²) in [5.74, 6) is -2.27. The molecule has 5 N–H and O–H groups in total. The third-order valence-corrected chi connectivity index (χ3v) is 6.94. The SMILES string of the molecule is CNC(=O)c1cc(C(=O)NCCC2CCNCC2)cc2c1OCC2(CO)c1ccccc1.O=C(O)C(F)(F)F. The van der Waals surface area contributed by atoms with Crippen molar-refractivity contribution in [1.82, 2.24) is 16.0 Å². The minimum absolute atomic E-state index is 0.196. The van der Waals surface area contributed by atoms with Crippen LogP contribution < -0.4 is 20.7 Å². The number of aliphatic hydroxyl groups is 1. The van der Waals surface area contributed by atoms with Crippen molar-refractivity contribution in [2.45, 2.75) is 30.9 Å². The number of aliphatic hydroxyl groups excluding tert-OH is 1. The highest BCUT2D eigenvalue weighted by Gasteiger charge is 2.44. The molecule has 2 heterocycles. The number of hydrogen-bond acceptors (Lipinski definition) is 6. The van der Waals surface area contributed by atoms with Gasteiger partial charge in [0.15, 0.2) is 0 Å². The van der Waals surface area contributed by atoms with E-state index < -0.39 is 17.6 Å². The molecule has 0 saturated carbocycles. The Labute approximate surface area is 223 Å². The van der Waals surface area contributed by atoms with Crippen molar-refractivity contribution >= 4 is 17.8 Å². The molecule has 2 aliphatic heterocycles. The number of aliphatic carboxylic acids is 1. The lowest BCUT2D eigenvalue weighted by Crippen LogP contribution is -2.34. The molecule has 1 fully saturated rings. The van der Waals surface area contributed by atoms with Gasteiger partial charge in [-0.1, -0.05) is 30.3 Å². The molecule has 4 rings (SSSR count). The van der Waals surface area contributed by atoms with Gasteiger partial charge in [0.1, 0.15) is 12.4 Å². The third kappa shape index (κ3) is 7.07. The average Bonchev–Trinajstić information content (AvgIpc) is 3.32. The first-order chi connectivity index (χ1) is 18.5. The number of fused-ring (bicyclic) bond motifs is 1. The number of carboxylic acids is 1. The molecule has 0 bridgehead atoms. The number of rotatable bonds is 7. The Morgan fingerprint density at radius 2 is 1.74 bits per heavy atom. The highest BCUT2D eigenvalue weighted by molar-refractivity contribution is 6.02. The number of carbonyl (C=O) groups excluding carboxylic acids is 2. The van der Waals surface area contributed by atoms with E-state index in [-0.39, 0.29) is 25.0 Å². The molecule has 212 valence electrons. The molecule has 1 unspecified atom stereocenters. The van der Waals surface area contributed by atoms with Gasteiger partial charge in [-0.25, -0.2) is 4.79 Å². The van der Waals surface area contributed by atoms with Crippen LogP contribution in [-0.4, -0.2) is 74.1 Å². The summed E-state index contributed by atoms with van der Waals surface area (Å²) in [5, 5.41) is 26.6. The molecule has 2 aliphatic rings. The molecule has 2 aromatic rings. The quantitative estimate of drug-likeness (QED) is 0.357. The number of hydrogen-bond donors (Lipinski definition) is 5. The summed E-state index contributed by atoms with van der Waals surface area (Å²) >= 11 is 0. The van der Waals surface area contributed by atoms with Gasteiger partial charge in [0.25, 0.3) is 11.8 Å². The van der Waals surface area contributed by atoms with Gasteiger partial charge in [-0.2, -0.15) is 13.2 Å². The van der Waals surface area contributed by atoms with E-state index >= 15 is 0 Å². The van der Waals surface area contributed by atoms with E-state index in [1.807, 2.05) is 30.3 Å². The highest BCUT2D eigenvalue weighted by atomic mass is 19.4. The zero-order chi connectivity index (χ0) is 28.6. The molecular weight excluding hydrogens is 519 g/mol. The van der Waals surface area contributed by atoms with E-state index in [1.165, 1.54) is 0 Å². The predicted molar refractivity (Wildman–Crippen MR) is 136 cm³/mol. The second-order valence-electron chi connectivity index (χ2n) is 9.42. The Hall–Kier alpha value is -3.64. The number of carboxylic acid groups (broad SMARTS) is 1. The van der Waals surface area contributed by atoms with Gasteiger partial charge in [0.2, 0.25) is 0 Å². The van der Waals surface area contributed by atoms with Gasteiger partial charge >= 0.3 is 12.1 Å². The molecular formula is C27H32F3N3O6. The number of alkyl halides is 3. The Kier molecular flexibility index (Phi) is 9.92. The number of piperidine rings is 1. The van der Waals surface area contributed by atoms with E-state index in [9.17, 15) is 27.9 Å². The Bertz CT molecular complexity index is 1170. The Morgan fingerprint density at radius 1 is 1.10 bits per heavy atom. The molecule has 39 heavy (non-hydrogen) atoms. The summed E-state index contributed by atoms with van der Waals surface area (Å²) < 4.78 is 37.7. The summed E-state index contributed by atoms with van der Waals surface area (Å²) in [6.07, 6.45) is -1.89. The van der Waals surface area contributed by atoms with Crippen LogP contribution in [0.4, 0.5) is 13.2 Å². The normalized spacial score (nSPS) is 18.7. The second-order valence-corrected chi connectivity index (χ2v) is 9.42. The lowest BCUT2D eigenvalue weighted by atomic mass is 9.76. The number of amides is 2. The number of benzene rings is 2. The van der Waals surface area contributed by atoms with Crippen LogP contribution in [0.1, 0.15) is 51.1 Å². The number of ether oxygens (including phenoxy) is 1. The van der Waals surface area contributed by atoms with Gasteiger partial charge in [0, 0.05) is 24.7 Å². The summed E-state index contributed by atoms with van der Waals surface area (Å²) in [7, 11) is 1.55. The number of nitrogens with one attached hydrogen (secondary N) is 3. The molecule has 2 amide bonds. The molecule has 1 atom stereocenters.